The summed E-state index contributed by atoms with van der Waals surface area (Å²) in [5.41, 5.74) is 3.06. The van der Waals surface area contributed by atoms with Crippen molar-refractivity contribution in [2.24, 2.45) is 17.3 Å². The average Bonchev–Trinajstić information content (AvgIpc) is 2.17. The Labute approximate surface area is 111 Å². The van der Waals surface area contributed by atoms with Gasteiger partial charge in [-0.2, -0.15) is 0 Å². The molecular weight excluding hydrogens is 260 g/mol. The predicted molar refractivity (Wildman–Crippen MR) is 68.8 cm³/mol. The Kier molecular flexibility index (Phi) is 5.75. The zero-order valence-corrected chi connectivity index (χ0v) is 12.6. The molecule has 1 aliphatic carbocycles. The minimum Gasteiger partial charge on any atom is -1.00 e. The molecule has 0 heterocycles. The summed E-state index contributed by atoms with van der Waals surface area (Å²) in [5, 5.41) is 0. The number of hydrogen-bond acceptors (Lipinski definition) is 0. The van der Waals surface area contributed by atoms with Gasteiger partial charge in [-0.3, -0.25) is 0 Å². The van der Waals surface area contributed by atoms with Gasteiger partial charge in [0.25, 0.3) is 0 Å². The van der Waals surface area contributed by atoms with E-state index >= 15 is 0 Å². The predicted octanol–water partition coefficient (Wildman–Crippen LogP) is 1.75. The Balaban J connectivity index is 0.00000225. The number of hydrogen-bond donors (Lipinski definition) is 0. The van der Waals surface area contributed by atoms with Gasteiger partial charge < -0.3 is 17.0 Å². The van der Waals surface area contributed by atoms with Crippen molar-refractivity contribution in [2.45, 2.75) is 40.5 Å². The van der Waals surface area contributed by atoms with Crippen LogP contribution in [0.2, 0.25) is 0 Å². The van der Waals surface area contributed by atoms with Gasteiger partial charge in [-0.1, -0.05) is 50.6 Å². The maximum Gasteiger partial charge on any atom is 0.00625 e. The zero-order chi connectivity index (χ0) is 11.6. The van der Waals surface area contributed by atoms with Crippen LogP contribution in [-0.2, 0) is 0 Å². The molecule has 1 heteroatoms. The van der Waals surface area contributed by atoms with E-state index in [1.54, 1.807) is 5.57 Å². The molecule has 0 fully saturated rings. The molecule has 1 aliphatic rings. The molecule has 0 nitrogen and oxygen atoms in total. The molecule has 0 saturated carbocycles. The van der Waals surface area contributed by atoms with E-state index in [2.05, 4.69) is 53.0 Å². The molecule has 0 radical (unpaired) electrons. The van der Waals surface area contributed by atoms with Gasteiger partial charge in [0.15, 0.2) is 0 Å². The van der Waals surface area contributed by atoms with Crippen LogP contribution < -0.4 is 17.0 Å². The Hall–Kier alpha value is -0.300. The van der Waals surface area contributed by atoms with Crippen LogP contribution in [0.25, 0.3) is 0 Å². The van der Waals surface area contributed by atoms with Crippen LogP contribution >= 0.6 is 0 Å². The van der Waals surface area contributed by atoms with Crippen molar-refractivity contribution >= 4 is 0 Å². The maximum absolute atomic E-state index is 4.12. The van der Waals surface area contributed by atoms with E-state index in [4.69, 9.17) is 0 Å². The van der Waals surface area contributed by atoms with Gasteiger partial charge in [0.2, 0.25) is 0 Å². The summed E-state index contributed by atoms with van der Waals surface area (Å²) in [4.78, 5) is 0. The minimum absolute atomic E-state index is 0. The molecule has 2 atom stereocenters. The van der Waals surface area contributed by atoms with Crippen molar-refractivity contribution in [3.8, 4) is 0 Å². The van der Waals surface area contributed by atoms with E-state index < -0.39 is 0 Å². The molecule has 0 unspecified atom stereocenters. The van der Waals surface area contributed by atoms with Crippen LogP contribution in [0.4, 0.5) is 0 Å². The fourth-order valence-corrected chi connectivity index (χ4v) is 2.47. The van der Waals surface area contributed by atoms with Gasteiger partial charge in [0, 0.05) is 5.92 Å². The van der Waals surface area contributed by atoms with Gasteiger partial charge in [-0.05, 0) is 31.1 Å². The maximum atomic E-state index is 4.12. The smallest absolute Gasteiger partial charge is 0.00625 e. The van der Waals surface area contributed by atoms with Crippen molar-refractivity contribution in [3.63, 3.8) is 0 Å². The molecule has 92 valence electrons. The topological polar surface area (TPSA) is 0 Å². The van der Waals surface area contributed by atoms with Crippen LogP contribution in [0.5, 0.6) is 0 Å². The van der Waals surface area contributed by atoms with Crippen LogP contribution in [0, 0.1) is 17.3 Å². The number of allylic oxidation sites excluding steroid dienone is 4. The molecule has 0 aromatic rings. The van der Waals surface area contributed by atoms with E-state index in [-0.39, 0.29) is 22.4 Å². The van der Waals surface area contributed by atoms with E-state index in [0.717, 1.165) is 0 Å². The van der Waals surface area contributed by atoms with Crippen molar-refractivity contribution in [1.82, 2.24) is 0 Å². The molecular formula is C15H24Br-. The SMILES string of the molecule is C=C[C@@]1(C)CCC(C(C)C)=C[C@H]1C(=C)C.[Br-]. The van der Waals surface area contributed by atoms with Crippen molar-refractivity contribution < 1.29 is 17.0 Å². The first kappa shape index (κ1) is 15.7. The lowest BCUT2D eigenvalue weighted by atomic mass is 9.65. The largest absolute Gasteiger partial charge is 1.00 e. The van der Waals surface area contributed by atoms with Crippen LogP contribution in [-0.4, -0.2) is 0 Å². The first-order chi connectivity index (χ1) is 6.90. The minimum atomic E-state index is 0. The van der Waals surface area contributed by atoms with Crippen molar-refractivity contribution in [1.29, 1.82) is 0 Å². The van der Waals surface area contributed by atoms with E-state index in [0.29, 0.717) is 11.8 Å². The standard InChI is InChI=1S/C15H24.BrH/c1-7-15(6)9-8-13(11(2)3)10-14(15)12(4)5;/h7,10-11,14H,1,4,8-9H2,2-3,5-6H3;1H/p-1/t14-,15-;/m0./s1. The summed E-state index contributed by atoms with van der Waals surface area (Å²) >= 11 is 0. The fraction of sp³-hybridized carbons (Fsp3) is 0.600. The van der Waals surface area contributed by atoms with E-state index in [9.17, 15) is 0 Å². The van der Waals surface area contributed by atoms with Crippen molar-refractivity contribution in [3.05, 3.63) is 36.5 Å². The van der Waals surface area contributed by atoms with Gasteiger partial charge in [0.05, 0.1) is 0 Å². The van der Waals surface area contributed by atoms with Gasteiger partial charge >= 0.3 is 0 Å². The molecule has 1 rings (SSSR count). The average molecular weight is 284 g/mol. The second-order valence-electron chi connectivity index (χ2n) is 5.43. The monoisotopic (exact) mass is 283 g/mol. The second kappa shape index (κ2) is 5.86. The number of rotatable bonds is 3. The van der Waals surface area contributed by atoms with Crippen LogP contribution in [0.1, 0.15) is 40.5 Å². The molecule has 0 amide bonds. The fourth-order valence-electron chi connectivity index (χ4n) is 2.47. The lowest BCUT2D eigenvalue weighted by Crippen LogP contribution is -3.00. The third-order valence-electron chi connectivity index (χ3n) is 3.78. The summed E-state index contributed by atoms with van der Waals surface area (Å²) in [6, 6.07) is 0. The summed E-state index contributed by atoms with van der Waals surface area (Å²) < 4.78 is 0. The molecule has 0 aliphatic heterocycles. The number of halogens is 1. The molecule has 0 aromatic heterocycles. The van der Waals surface area contributed by atoms with Crippen LogP contribution in [0.3, 0.4) is 0 Å². The Bertz CT molecular complexity index is 299. The third kappa shape index (κ3) is 3.10. The Morgan fingerprint density at radius 3 is 2.50 bits per heavy atom. The second-order valence-corrected chi connectivity index (χ2v) is 5.43. The highest BCUT2D eigenvalue weighted by atomic mass is 79.9. The summed E-state index contributed by atoms with van der Waals surface area (Å²) in [5.74, 6) is 1.14. The van der Waals surface area contributed by atoms with E-state index in [1.165, 1.54) is 18.4 Å². The first-order valence-electron chi connectivity index (χ1n) is 5.90. The molecule has 16 heavy (non-hydrogen) atoms. The van der Waals surface area contributed by atoms with Gasteiger partial charge in [-0.15, -0.1) is 6.58 Å². The summed E-state index contributed by atoms with van der Waals surface area (Å²) in [7, 11) is 0. The Morgan fingerprint density at radius 2 is 2.12 bits per heavy atom. The highest BCUT2D eigenvalue weighted by molar-refractivity contribution is 5.25. The first-order valence-corrected chi connectivity index (χ1v) is 5.90. The molecule has 0 aromatic carbocycles. The molecule has 0 saturated heterocycles. The molecule has 0 N–H and O–H groups in total. The lowest BCUT2D eigenvalue weighted by Gasteiger charge is -2.39. The molecule has 0 bridgehead atoms. The third-order valence-corrected chi connectivity index (χ3v) is 3.78. The highest BCUT2D eigenvalue weighted by Crippen LogP contribution is 2.45. The highest BCUT2D eigenvalue weighted by Gasteiger charge is 2.34. The van der Waals surface area contributed by atoms with Gasteiger partial charge in [0.1, 0.15) is 0 Å². The van der Waals surface area contributed by atoms with Crippen molar-refractivity contribution in [2.75, 3.05) is 0 Å². The normalized spacial score (nSPS) is 29.3. The zero-order valence-electron chi connectivity index (χ0n) is 11.0. The quantitative estimate of drug-likeness (QED) is 0.693. The van der Waals surface area contributed by atoms with Crippen LogP contribution in [0.15, 0.2) is 36.5 Å². The molecule has 0 spiro atoms. The summed E-state index contributed by atoms with van der Waals surface area (Å²) in [6.07, 6.45) is 6.96. The Morgan fingerprint density at radius 1 is 1.56 bits per heavy atom. The van der Waals surface area contributed by atoms with Gasteiger partial charge in [-0.25, -0.2) is 0 Å². The summed E-state index contributed by atoms with van der Waals surface area (Å²) in [6.45, 7) is 17.1. The lowest BCUT2D eigenvalue weighted by molar-refractivity contribution is -0.00000369. The van der Waals surface area contributed by atoms with E-state index in [1.807, 2.05) is 0 Å².